The summed E-state index contributed by atoms with van der Waals surface area (Å²) in [6.07, 6.45) is -0.586. The Labute approximate surface area is 109 Å². The molecule has 1 aromatic carbocycles. The van der Waals surface area contributed by atoms with Crippen molar-refractivity contribution in [1.82, 2.24) is 5.32 Å². The van der Waals surface area contributed by atoms with Gasteiger partial charge in [0.05, 0.1) is 19.1 Å². The van der Waals surface area contributed by atoms with Crippen molar-refractivity contribution in [3.05, 3.63) is 29.8 Å². The summed E-state index contributed by atoms with van der Waals surface area (Å²) in [4.78, 5) is 32.8. The average Bonchev–Trinajstić information content (AvgIpc) is 2.37. The zero-order chi connectivity index (χ0) is 14.3. The van der Waals surface area contributed by atoms with Crippen LogP contribution >= 0.6 is 0 Å². The molecule has 19 heavy (non-hydrogen) atoms. The van der Waals surface area contributed by atoms with Gasteiger partial charge < -0.3 is 20.0 Å². The lowest BCUT2D eigenvalue weighted by molar-refractivity contribution is -0.303. The van der Waals surface area contributed by atoms with Crippen molar-refractivity contribution < 1.29 is 24.2 Å². The lowest BCUT2D eigenvalue weighted by atomic mass is 10.2. The largest absolute Gasteiger partial charge is 0.548 e. The van der Waals surface area contributed by atoms with Crippen LogP contribution in [0.15, 0.2) is 24.3 Å². The summed E-state index contributed by atoms with van der Waals surface area (Å²) in [5.74, 6) is -1.90. The zero-order valence-corrected chi connectivity index (χ0v) is 10.3. The van der Waals surface area contributed by atoms with Crippen molar-refractivity contribution >= 4 is 23.7 Å². The number of carbonyl (C=O) groups excluding carboxylic acids is 3. The highest BCUT2D eigenvalue weighted by Crippen LogP contribution is 2.09. The van der Waals surface area contributed by atoms with Crippen molar-refractivity contribution in [3.63, 3.8) is 0 Å². The van der Waals surface area contributed by atoms with Crippen molar-refractivity contribution in [1.29, 1.82) is 0 Å². The Balaban J connectivity index is 2.58. The summed E-state index contributed by atoms with van der Waals surface area (Å²) in [6.45, 7) is 1.39. The van der Waals surface area contributed by atoms with E-state index in [2.05, 4.69) is 15.4 Å². The van der Waals surface area contributed by atoms with Gasteiger partial charge >= 0.3 is 6.09 Å². The number of amides is 2. The van der Waals surface area contributed by atoms with E-state index in [1.54, 1.807) is 6.92 Å². The van der Waals surface area contributed by atoms with Crippen LogP contribution in [0.4, 0.5) is 10.5 Å². The second kappa shape index (κ2) is 7.00. The molecule has 0 heterocycles. The molecule has 0 saturated heterocycles. The molecule has 7 heteroatoms. The lowest BCUT2D eigenvalue weighted by Crippen LogP contribution is -2.37. The van der Waals surface area contributed by atoms with Crippen molar-refractivity contribution in [2.24, 2.45) is 0 Å². The molecule has 0 fully saturated rings. The molecular formula is C12H13N2O5-. The van der Waals surface area contributed by atoms with Gasteiger partial charge in [0.2, 0.25) is 0 Å². The maximum absolute atomic E-state index is 11.5. The first-order chi connectivity index (χ1) is 9.02. The molecule has 0 spiro atoms. The van der Waals surface area contributed by atoms with Crippen LogP contribution in [0.5, 0.6) is 0 Å². The number of hydrogen-bond acceptors (Lipinski definition) is 5. The molecule has 0 bridgehead atoms. The number of carboxylic acid groups (broad SMARTS) is 1. The Morgan fingerprint density at radius 2 is 1.84 bits per heavy atom. The molecule has 1 rings (SSSR count). The number of aliphatic carboxylic acids is 1. The molecule has 0 saturated carbocycles. The Hall–Kier alpha value is -2.57. The van der Waals surface area contributed by atoms with Crippen LogP contribution < -0.4 is 15.7 Å². The summed E-state index contributed by atoms with van der Waals surface area (Å²) < 4.78 is 4.69. The SMILES string of the molecule is CCOC(=O)Nc1ccc(C(=O)NCC(=O)[O-])cc1. The molecule has 0 aliphatic carbocycles. The van der Waals surface area contributed by atoms with E-state index in [4.69, 9.17) is 0 Å². The molecule has 0 radical (unpaired) electrons. The molecule has 7 nitrogen and oxygen atoms in total. The highest BCUT2D eigenvalue weighted by molar-refractivity contribution is 5.96. The standard InChI is InChI=1S/C12H14N2O5/c1-2-19-12(18)14-9-5-3-8(4-6-9)11(17)13-7-10(15)16/h3-6H,2,7H2,1H3,(H,13,17)(H,14,18)(H,15,16)/p-1. The van der Waals surface area contributed by atoms with Crippen molar-refractivity contribution in [3.8, 4) is 0 Å². The second-order valence-corrected chi connectivity index (χ2v) is 3.48. The number of hydrogen-bond donors (Lipinski definition) is 2. The first kappa shape index (κ1) is 14.5. The van der Waals surface area contributed by atoms with Crippen LogP contribution in [0.25, 0.3) is 0 Å². The normalized spacial score (nSPS) is 9.53. The number of rotatable bonds is 5. The third-order valence-corrected chi connectivity index (χ3v) is 2.06. The molecule has 1 aromatic rings. The van der Waals surface area contributed by atoms with Gasteiger partial charge in [-0.3, -0.25) is 10.1 Å². The summed E-state index contributed by atoms with van der Waals surface area (Å²) in [5, 5.41) is 14.8. The molecule has 0 aliphatic heterocycles. The Kier molecular flexibility index (Phi) is 5.34. The van der Waals surface area contributed by atoms with Gasteiger partial charge in [0.15, 0.2) is 0 Å². The van der Waals surface area contributed by atoms with E-state index in [1.165, 1.54) is 24.3 Å². The summed E-state index contributed by atoms with van der Waals surface area (Å²) in [5.41, 5.74) is 0.741. The fourth-order valence-corrected chi connectivity index (χ4v) is 1.24. The fourth-order valence-electron chi connectivity index (χ4n) is 1.24. The van der Waals surface area contributed by atoms with Gasteiger partial charge in [-0.2, -0.15) is 0 Å². The van der Waals surface area contributed by atoms with Crippen molar-refractivity contribution in [2.75, 3.05) is 18.5 Å². The first-order valence-electron chi connectivity index (χ1n) is 5.54. The first-order valence-corrected chi connectivity index (χ1v) is 5.54. The van der Waals surface area contributed by atoms with Crippen LogP contribution in [0.2, 0.25) is 0 Å². The van der Waals surface area contributed by atoms with Crippen LogP contribution in [0.1, 0.15) is 17.3 Å². The summed E-state index contributed by atoms with van der Waals surface area (Å²) in [7, 11) is 0. The number of carbonyl (C=O) groups is 3. The maximum atomic E-state index is 11.5. The van der Waals surface area contributed by atoms with Gasteiger partial charge in [0.1, 0.15) is 0 Å². The van der Waals surface area contributed by atoms with Crippen molar-refractivity contribution in [2.45, 2.75) is 6.92 Å². The molecular weight excluding hydrogens is 252 g/mol. The molecule has 0 aliphatic rings. The number of nitrogens with one attached hydrogen (secondary N) is 2. The predicted octanol–water partition coefficient (Wildman–Crippen LogP) is -0.265. The molecule has 0 atom stereocenters. The van der Waals surface area contributed by atoms with Gasteiger partial charge in [-0.15, -0.1) is 0 Å². The predicted molar refractivity (Wildman–Crippen MR) is 64.4 cm³/mol. The maximum Gasteiger partial charge on any atom is 0.411 e. The highest BCUT2D eigenvalue weighted by Gasteiger charge is 2.06. The molecule has 2 N–H and O–H groups in total. The van der Waals surface area contributed by atoms with E-state index in [-0.39, 0.29) is 12.2 Å². The van der Waals surface area contributed by atoms with Gasteiger partial charge in [0, 0.05) is 11.3 Å². The van der Waals surface area contributed by atoms with E-state index in [0.717, 1.165) is 0 Å². The Bertz CT molecular complexity index is 470. The van der Waals surface area contributed by atoms with Gasteiger partial charge in [-0.1, -0.05) is 0 Å². The average molecular weight is 265 g/mol. The minimum absolute atomic E-state index is 0.259. The van der Waals surface area contributed by atoms with E-state index in [0.29, 0.717) is 5.69 Å². The smallest absolute Gasteiger partial charge is 0.411 e. The number of ether oxygens (including phenoxy) is 1. The minimum atomic E-state index is -1.37. The minimum Gasteiger partial charge on any atom is -0.548 e. The monoisotopic (exact) mass is 265 g/mol. The van der Waals surface area contributed by atoms with Crippen LogP contribution in [0, 0.1) is 0 Å². The van der Waals surface area contributed by atoms with Gasteiger partial charge in [0.25, 0.3) is 5.91 Å². The quantitative estimate of drug-likeness (QED) is 0.762. The number of carboxylic acids is 1. The zero-order valence-electron chi connectivity index (χ0n) is 10.3. The Morgan fingerprint density at radius 3 is 2.37 bits per heavy atom. The lowest BCUT2D eigenvalue weighted by Gasteiger charge is -2.07. The van der Waals surface area contributed by atoms with Crippen LogP contribution in [-0.4, -0.2) is 31.1 Å². The molecule has 102 valence electrons. The van der Waals surface area contributed by atoms with Gasteiger partial charge in [-0.05, 0) is 31.2 Å². The third kappa shape index (κ3) is 5.07. The summed E-state index contributed by atoms with van der Waals surface area (Å²) in [6, 6.07) is 5.91. The van der Waals surface area contributed by atoms with Crippen LogP contribution in [0.3, 0.4) is 0 Å². The van der Waals surface area contributed by atoms with Gasteiger partial charge in [-0.25, -0.2) is 4.79 Å². The van der Waals surface area contributed by atoms with Crippen LogP contribution in [-0.2, 0) is 9.53 Å². The van der Waals surface area contributed by atoms with E-state index in [9.17, 15) is 19.5 Å². The fraction of sp³-hybridized carbons (Fsp3) is 0.250. The molecule has 0 aromatic heterocycles. The summed E-state index contributed by atoms with van der Waals surface area (Å²) >= 11 is 0. The Morgan fingerprint density at radius 1 is 1.21 bits per heavy atom. The second-order valence-electron chi connectivity index (χ2n) is 3.48. The molecule has 0 unspecified atom stereocenters. The highest BCUT2D eigenvalue weighted by atomic mass is 16.5. The van der Waals surface area contributed by atoms with E-state index >= 15 is 0 Å². The third-order valence-electron chi connectivity index (χ3n) is 2.06. The molecule has 2 amide bonds. The van der Waals surface area contributed by atoms with E-state index in [1.807, 2.05) is 0 Å². The van der Waals surface area contributed by atoms with E-state index < -0.39 is 24.5 Å². The number of anilines is 1. The topological polar surface area (TPSA) is 108 Å². The number of benzene rings is 1.